The van der Waals surface area contributed by atoms with Crippen LogP contribution in [0.15, 0.2) is 48.5 Å². The molecule has 3 rings (SSSR count). The van der Waals surface area contributed by atoms with Crippen LogP contribution in [0.2, 0.25) is 0 Å². The fourth-order valence-corrected chi connectivity index (χ4v) is 3.02. The van der Waals surface area contributed by atoms with Crippen LogP contribution in [0.3, 0.4) is 0 Å². The van der Waals surface area contributed by atoms with Crippen LogP contribution in [-0.4, -0.2) is 38.1 Å². The number of rotatable bonds is 5. The molecule has 0 spiro atoms. The van der Waals surface area contributed by atoms with E-state index in [1.807, 2.05) is 67.5 Å². The van der Waals surface area contributed by atoms with E-state index < -0.39 is 5.60 Å². The van der Waals surface area contributed by atoms with Crippen molar-refractivity contribution < 1.29 is 14.3 Å². The highest BCUT2D eigenvalue weighted by atomic mass is 16.5. The molecule has 0 atom stereocenters. The van der Waals surface area contributed by atoms with Gasteiger partial charge in [-0.1, -0.05) is 12.1 Å². The van der Waals surface area contributed by atoms with E-state index >= 15 is 0 Å². The highest BCUT2D eigenvalue weighted by molar-refractivity contribution is 6.03. The summed E-state index contributed by atoms with van der Waals surface area (Å²) in [6, 6.07) is 15.0. The van der Waals surface area contributed by atoms with Crippen LogP contribution in [0.25, 0.3) is 0 Å². The molecule has 1 aliphatic rings. The molecule has 0 bridgehead atoms. The van der Waals surface area contributed by atoms with Crippen molar-refractivity contribution in [2.24, 2.45) is 0 Å². The number of hydrogen-bond acceptors (Lipinski definition) is 4. The van der Waals surface area contributed by atoms with E-state index in [2.05, 4.69) is 5.32 Å². The summed E-state index contributed by atoms with van der Waals surface area (Å²) in [7, 11) is 3.93. The van der Waals surface area contributed by atoms with Gasteiger partial charge in [0.05, 0.1) is 5.69 Å². The molecule has 0 unspecified atom stereocenters. The van der Waals surface area contributed by atoms with Crippen molar-refractivity contribution in [2.45, 2.75) is 25.9 Å². The number of para-hydroxylation sites is 2. The van der Waals surface area contributed by atoms with Crippen LogP contribution < -0.4 is 19.9 Å². The zero-order valence-corrected chi connectivity index (χ0v) is 16.2. The summed E-state index contributed by atoms with van der Waals surface area (Å²) in [5, 5.41) is 2.88. The first-order chi connectivity index (χ1) is 12.8. The van der Waals surface area contributed by atoms with Gasteiger partial charge in [-0.25, -0.2) is 0 Å². The van der Waals surface area contributed by atoms with E-state index in [9.17, 15) is 9.59 Å². The highest BCUT2D eigenvalue weighted by Gasteiger charge is 2.40. The summed E-state index contributed by atoms with van der Waals surface area (Å²) in [6.45, 7) is 3.78. The zero-order valence-electron chi connectivity index (χ0n) is 16.2. The Kier molecular flexibility index (Phi) is 5.08. The van der Waals surface area contributed by atoms with Crippen molar-refractivity contribution in [3.8, 4) is 5.75 Å². The van der Waals surface area contributed by atoms with Gasteiger partial charge >= 0.3 is 0 Å². The van der Waals surface area contributed by atoms with Crippen molar-refractivity contribution in [3.63, 3.8) is 0 Å². The van der Waals surface area contributed by atoms with Gasteiger partial charge in [0.25, 0.3) is 5.91 Å². The van der Waals surface area contributed by atoms with E-state index in [-0.39, 0.29) is 18.2 Å². The Balaban J connectivity index is 1.66. The van der Waals surface area contributed by atoms with Gasteiger partial charge in [0.15, 0.2) is 5.60 Å². The predicted molar refractivity (Wildman–Crippen MR) is 108 cm³/mol. The fourth-order valence-electron chi connectivity index (χ4n) is 3.02. The first kappa shape index (κ1) is 18.8. The van der Waals surface area contributed by atoms with Gasteiger partial charge in [-0.15, -0.1) is 0 Å². The predicted octanol–water partition coefficient (Wildman–Crippen LogP) is 3.29. The minimum absolute atomic E-state index is 0.137. The summed E-state index contributed by atoms with van der Waals surface area (Å²) < 4.78 is 5.80. The Morgan fingerprint density at radius 3 is 2.44 bits per heavy atom. The number of carbonyl (C=O) groups is 2. The molecule has 0 saturated carbocycles. The molecule has 27 heavy (non-hydrogen) atoms. The molecule has 6 nitrogen and oxygen atoms in total. The molecular weight excluding hydrogens is 342 g/mol. The summed E-state index contributed by atoms with van der Waals surface area (Å²) in [5.74, 6) is 0.369. The Hall–Kier alpha value is -3.02. The molecule has 0 fully saturated rings. The van der Waals surface area contributed by atoms with E-state index in [0.29, 0.717) is 18.0 Å². The lowest BCUT2D eigenvalue weighted by molar-refractivity contribution is -0.132. The second-order valence-electron chi connectivity index (χ2n) is 7.28. The van der Waals surface area contributed by atoms with Crippen LogP contribution in [-0.2, 0) is 9.59 Å². The van der Waals surface area contributed by atoms with E-state index in [1.165, 1.54) is 0 Å². The van der Waals surface area contributed by atoms with Gasteiger partial charge in [0.2, 0.25) is 5.91 Å². The minimum Gasteiger partial charge on any atom is -0.476 e. The minimum atomic E-state index is -0.952. The normalized spacial score (nSPS) is 15.0. The van der Waals surface area contributed by atoms with Crippen molar-refractivity contribution in [2.75, 3.05) is 35.8 Å². The van der Waals surface area contributed by atoms with Gasteiger partial charge in [0.1, 0.15) is 5.75 Å². The molecule has 1 N–H and O–H groups in total. The number of fused-ring (bicyclic) bond motifs is 1. The van der Waals surface area contributed by atoms with Gasteiger partial charge < -0.3 is 19.9 Å². The smallest absolute Gasteiger partial charge is 0.270 e. The molecule has 0 aromatic heterocycles. The number of carbonyl (C=O) groups excluding carboxylic acids is 2. The molecule has 2 aromatic rings. The van der Waals surface area contributed by atoms with Crippen LogP contribution in [0.1, 0.15) is 20.3 Å². The average molecular weight is 367 g/mol. The molecule has 0 saturated heterocycles. The molecule has 1 heterocycles. The highest BCUT2D eigenvalue weighted by Crippen LogP contribution is 2.37. The molecule has 142 valence electrons. The molecule has 0 radical (unpaired) electrons. The van der Waals surface area contributed by atoms with Crippen LogP contribution in [0, 0.1) is 0 Å². The second kappa shape index (κ2) is 7.31. The first-order valence-electron chi connectivity index (χ1n) is 8.95. The topological polar surface area (TPSA) is 61.9 Å². The Morgan fingerprint density at radius 2 is 1.78 bits per heavy atom. The number of hydrogen-bond donors (Lipinski definition) is 1. The largest absolute Gasteiger partial charge is 0.476 e. The van der Waals surface area contributed by atoms with Crippen LogP contribution in [0.4, 0.5) is 17.1 Å². The summed E-state index contributed by atoms with van der Waals surface area (Å²) >= 11 is 0. The maximum atomic E-state index is 12.7. The van der Waals surface area contributed by atoms with Crippen LogP contribution in [0.5, 0.6) is 5.75 Å². The standard InChI is InChI=1S/C21H25N3O3/c1-21(2)20(26)24(17-7-5-6-8-18(17)27-21)14-13-19(25)22-15-9-11-16(12-10-15)23(3)4/h5-12H,13-14H2,1-4H3,(H,22,25). The van der Waals surface area contributed by atoms with Gasteiger partial charge in [-0.3, -0.25) is 9.59 Å². The number of nitrogens with one attached hydrogen (secondary N) is 1. The average Bonchev–Trinajstić information content (AvgIpc) is 2.62. The van der Waals surface area contributed by atoms with Crippen molar-refractivity contribution in [1.29, 1.82) is 0 Å². The number of ether oxygens (including phenoxy) is 1. The molecule has 0 aliphatic carbocycles. The van der Waals surface area contributed by atoms with Crippen LogP contribution >= 0.6 is 0 Å². The fraction of sp³-hybridized carbons (Fsp3) is 0.333. The number of amides is 2. The maximum Gasteiger partial charge on any atom is 0.270 e. The quantitative estimate of drug-likeness (QED) is 0.881. The van der Waals surface area contributed by atoms with Crippen molar-refractivity contribution in [1.82, 2.24) is 0 Å². The second-order valence-corrected chi connectivity index (χ2v) is 7.28. The summed E-state index contributed by atoms with van der Waals surface area (Å²) in [4.78, 5) is 28.7. The first-order valence-corrected chi connectivity index (χ1v) is 8.95. The molecule has 1 aliphatic heterocycles. The van der Waals surface area contributed by atoms with Gasteiger partial charge in [0, 0.05) is 38.4 Å². The van der Waals surface area contributed by atoms with Crippen molar-refractivity contribution >= 4 is 28.9 Å². The van der Waals surface area contributed by atoms with Gasteiger partial charge in [-0.05, 0) is 50.2 Å². The Labute approximate surface area is 159 Å². The lowest BCUT2D eigenvalue weighted by atomic mass is 10.0. The van der Waals surface area contributed by atoms with E-state index in [4.69, 9.17) is 4.74 Å². The monoisotopic (exact) mass is 367 g/mol. The third-order valence-corrected chi connectivity index (χ3v) is 4.51. The molecule has 2 amide bonds. The molecule has 2 aromatic carbocycles. The SMILES string of the molecule is CN(C)c1ccc(NC(=O)CCN2C(=O)C(C)(C)Oc3ccccc32)cc1. The third-order valence-electron chi connectivity index (χ3n) is 4.51. The van der Waals surface area contributed by atoms with Crippen molar-refractivity contribution in [3.05, 3.63) is 48.5 Å². The Bertz CT molecular complexity index is 844. The zero-order chi connectivity index (χ0) is 19.6. The summed E-state index contributed by atoms with van der Waals surface area (Å²) in [6.07, 6.45) is 0.200. The lowest BCUT2D eigenvalue weighted by Crippen LogP contribution is -2.53. The number of benzene rings is 2. The van der Waals surface area contributed by atoms with E-state index in [0.717, 1.165) is 11.4 Å². The third kappa shape index (κ3) is 4.05. The number of nitrogens with zero attached hydrogens (tertiary/aromatic N) is 2. The molecule has 6 heteroatoms. The molecular formula is C21H25N3O3. The lowest BCUT2D eigenvalue weighted by Gasteiger charge is -2.38. The number of anilines is 3. The van der Waals surface area contributed by atoms with Gasteiger partial charge in [-0.2, -0.15) is 0 Å². The maximum absolute atomic E-state index is 12.7. The summed E-state index contributed by atoms with van der Waals surface area (Å²) in [5.41, 5.74) is 1.54. The Morgan fingerprint density at radius 1 is 1.11 bits per heavy atom. The van der Waals surface area contributed by atoms with E-state index in [1.54, 1.807) is 18.7 Å².